The maximum absolute atomic E-state index is 10.9. The van der Waals surface area contributed by atoms with Crippen molar-refractivity contribution in [2.75, 3.05) is 45.2 Å². The van der Waals surface area contributed by atoms with Gasteiger partial charge in [0.25, 0.3) is 0 Å². The minimum atomic E-state index is -0.462. The van der Waals surface area contributed by atoms with Gasteiger partial charge in [0.15, 0.2) is 5.75 Å². The third-order valence-electron chi connectivity index (χ3n) is 3.16. The Morgan fingerprint density at radius 2 is 2.15 bits per heavy atom. The van der Waals surface area contributed by atoms with E-state index in [0.717, 1.165) is 39.3 Å². The summed E-state index contributed by atoms with van der Waals surface area (Å²) >= 11 is 0. The van der Waals surface area contributed by atoms with Crippen LogP contribution in [-0.2, 0) is 4.74 Å². The summed E-state index contributed by atoms with van der Waals surface area (Å²) < 4.78 is 10.8. The zero-order valence-electron chi connectivity index (χ0n) is 11.3. The SMILES string of the molecule is Nc1ccc([N+](=O)[O-])c(OCCCN2CCOCC2)c1. The van der Waals surface area contributed by atoms with Crippen LogP contribution in [0.1, 0.15) is 6.42 Å². The number of nitro groups is 1. The van der Waals surface area contributed by atoms with E-state index >= 15 is 0 Å². The number of nitro benzene ring substituents is 1. The molecule has 1 aromatic rings. The second-order valence-corrected chi connectivity index (χ2v) is 4.64. The molecule has 2 rings (SSSR count). The summed E-state index contributed by atoms with van der Waals surface area (Å²) in [4.78, 5) is 12.7. The third kappa shape index (κ3) is 4.07. The molecule has 0 unspecified atom stereocenters. The summed E-state index contributed by atoms with van der Waals surface area (Å²) in [5, 5.41) is 10.9. The van der Waals surface area contributed by atoms with E-state index in [-0.39, 0.29) is 11.4 Å². The van der Waals surface area contributed by atoms with Crippen LogP contribution in [0, 0.1) is 10.1 Å². The first-order chi connectivity index (χ1) is 9.66. The van der Waals surface area contributed by atoms with Crippen LogP contribution in [0.15, 0.2) is 18.2 Å². The maximum Gasteiger partial charge on any atom is 0.311 e. The molecule has 20 heavy (non-hydrogen) atoms. The molecule has 1 fully saturated rings. The first-order valence-corrected chi connectivity index (χ1v) is 6.63. The molecule has 2 N–H and O–H groups in total. The summed E-state index contributed by atoms with van der Waals surface area (Å²) in [6.45, 7) is 4.72. The van der Waals surface area contributed by atoms with Crippen molar-refractivity contribution in [3.8, 4) is 5.75 Å². The molecule has 0 saturated carbocycles. The van der Waals surface area contributed by atoms with Crippen LogP contribution in [-0.4, -0.2) is 49.3 Å². The Morgan fingerprint density at radius 1 is 1.40 bits per heavy atom. The number of benzene rings is 1. The van der Waals surface area contributed by atoms with E-state index in [0.29, 0.717) is 12.3 Å². The van der Waals surface area contributed by atoms with Gasteiger partial charge in [-0.2, -0.15) is 0 Å². The molecule has 1 saturated heterocycles. The monoisotopic (exact) mass is 281 g/mol. The standard InChI is InChI=1S/C13H19N3O4/c14-11-2-3-12(16(17)18)13(10-11)20-7-1-4-15-5-8-19-9-6-15/h2-3,10H,1,4-9,14H2. The van der Waals surface area contributed by atoms with E-state index in [4.69, 9.17) is 15.2 Å². The van der Waals surface area contributed by atoms with E-state index in [9.17, 15) is 10.1 Å². The van der Waals surface area contributed by atoms with Crippen molar-refractivity contribution >= 4 is 11.4 Å². The number of anilines is 1. The van der Waals surface area contributed by atoms with Gasteiger partial charge < -0.3 is 15.2 Å². The van der Waals surface area contributed by atoms with Crippen molar-refractivity contribution in [1.82, 2.24) is 4.90 Å². The average Bonchev–Trinajstić information content (AvgIpc) is 2.44. The van der Waals surface area contributed by atoms with E-state index in [1.54, 1.807) is 0 Å². The van der Waals surface area contributed by atoms with Crippen LogP contribution in [0.25, 0.3) is 0 Å². The molecule has 1 aromatic carbocycles. The van der Waals surface area contributed by atoms with E-state index < -0.39 is 4.92 Å². The molecular formula is C13H19N3O4. The molecular weight excluding hydrogens is 262 g/mol. The topological polar surface area (TPSA) is 90.9 Å². The quantitative estimate of drug-likeness (QED) is 0.365. The van der Waals surface area contributed by atoms with Crippen molar-refractivity contribution in [1.29, 1.82) is 0 Å². The van der Waals surface area contributed by atoms with Gasteiger partial charge >= 0.3 is 5.69 Å². The molecule has 0 atom stereocenters. The Morgan fingerprint density at radius 3 is 2.85 bits per heavy atom. The Hall–Kier alpha value is -1.86. The van der Waals surface area contributed by atoms with Gasteiger partial charge in [0, 0.05) is 37.5 Å². The maximum atomic E-state index is 10.9. The highest BCUT2D eigenvalue weighted by Gasteiger charge is 2.15. The Labute approximate surface area is 117 Å². The zero-order valence-corrected chi connectivity index (χ0v) is 11.3. The fourth-order valence-corrected chi connectivity index (χ4v) is 2.09. The molecule has 0 spiro atoms. The number of rotatable bonds is 6. The molecule has 0 amide bonds. The third-order valence-corrected chi connectivity index (χ3v) is 3.16. The molecule has 0 aromatic heterocycles. The van der Waals surface area contributed by atoms with Crippen LogP contribution < -0.4 is 10.5 Å². The largest absolute Gasteiger partial charge is 0.487 e. The number of nitrogens with zero attached hydrogens (tertiary/aromatic N) is 2. The van der Waals surface area contributed by atoms with Gasteiger partial charge in [0.05, 0.1) is 24.7 Å². The molecule has 0 bridgehead atoms. The normalized spacial score (nSPS) is 16.0. The van der Waals surface area contributed by atoms with Crippen LogP contribution in [0.3, 0.4) is 0 Å². The summed E-state index contributed by atoms with van der Waals surface area (Å²) in [6, 6.07) is 4.36. The lowest BCUT2D eigenvalue weighted by atomic mass is 10.2. The highest BCUT2D eigenvalue weighted by Crippen LogP contribution is 2.28. The van der Waals surface area contributed by atoms with Gasteiger partial charge in [0.1, 0.15) is 0 Å². The predicted octanol–water partition coefficient (Wildman–Crippen LogP) is 1.28. The molecule has 110 valence electrons. The molecule has 0 aliphatic carbocycles. The summed E-state index contributed by atoms with van der Waals surface area (Å²) in [5.74, 6) is 0.233. The van der Waals surface area contributed by atoms with E-state index in [2.05, 4.69) is 4.90 Å². The summed E-state index contributed by atoms with van der Waals surface area (Å²) in [6.07, 6.45) is 0.811. The summed E-state index contributed by atoms with van der Waals surface area (Å²) in [7, 11) is 0. The lowest BCUT2D eigenvalue weighted by Crippen LogP contribution is -2.37. The second kappa shape index (κ2) is 7.06. The average molecular weight is 281 g/mol. The second-order valence-electron chi connectivity index (χ2n) is 4.64. The van der Waals surface area contributed by atoms with Crippen molar-refractivity contribution in [3.63, 3.8) is 0 Å². The van der Waals surface area contributed by atoms with E-state index in [1.807, 2.05) is 0 Å². The van der Waals surface area contributed by atoms with Gasteiger partial charge in [-0.3, -0.25) is 15.0 Å². The van der Waals surface area contributed by atoms with Gasteiger partial charge in [-0.15, -0.1) is 0 Å². The van der Waals surface area contributed by atoms with Crippen LogP contribution in [0.5, 0.6) is 5.75 Å². The first-order valence-electron chi connectivity index (χ1n) is 6.63. The van der Waals surface area contributed by atoms with Crippen LogP contribution in [0.2, 0.25) is 0 Å². The van der Waals surface area contributed by atoms with Crippen molar-refractivity contribution in [2.45, 2.75) is 6.42 Å². The van der Waals surface area contributed by atoms with Gasteiger partial charge in [-0.05, 0) is 12.5 Å². The van der Waals surface area contributed by atoms with E-state index in [1.165, 1.54) is 18.2 Å². The number of nitrogens with two attached hydrogens (primary N) is 1. The zero-order chi connectivity index (χ0) is 14.4. The van der Waals surface area contributed by atoms with Crippen molar-refractivity contribution in [3.05, 3.63) is 28.3 Å². The minimum absolute atomic E-state index is 0.0504. The fourth-order valence-electron chi connectivity index (χ4n) is 2.09. The molecule has 1 aliphatic heterocycles. The van der Waals surface area contributed by atoms with Crippen LogP contribution in [0.4, 0.5) is 11.4 Å². The van der Waals surface area contributed by atoms with Gasteiger partial charge in [0.2, 0.25) is 0 Å². The smallest absolute Gasteiger partial charge is 0.311 e. The van der Waals surface area contributed by atoms with Crippen molar-refractivity contribution in [2.24, 2.45) is 0 Å². The number of nitrogen functional groups attached to an aromatic ring is 1. The van der Waals surface area contributed by atoms with Crippen LogP contribution >= 0.6 is 0 Å². The highest BCUT2D eigenvalue weighted by molar-refractivity contribution is 5.55. The Balaban J connectivity index is 1.81. The highest BCUT2D eigenvalue weighted by atomic mass is 16.6. The number of hydrogen-bond acceptors (Lipinski definition) is 6. The molecule has 1 aliphatic rings. The Bertz CT molecular complexity index is 461. The van der Waals surface area contributed by atoms with Gasteiger partial charge in [-0.1, -0.05) is 0 Å². The van der Waals surface area contributed by atoms with Gasteiger partial charge in [-0.25, -0.2) is 0 Å². The summed E-state index contributed by atoms with van der Waals surface area (Å²) in [5.41, 5.74) is 6.03. The molecule has 0 radical (unpaired) electrons. The molecule has 7 heteroatoms. The fraction of sp³-hybridized carbons (Fsp3) is 0.538. The number of morpholine rings is 1. The minimum Gasteiger partial charge on any atom is -0.487 e. The molecule has 1 heterocycles. The lowest BCUT2D eigenvalue weighted by molar-refractivity contribution is -0.385. The van der Waals surface area contributed by atoms with Crippen molar-refractivity contribution < 1.29 is 14.4 Å². The Kier molecular flexibility index (Phi) is 5.14. The first kappa shape index (κ1) is 14.5. The predicted molar refractivity (Wildman–Crippen MR) is 74.9 cm³/mol. The number of ether oxygens (including phenoxy) is 2. The molecule has 7 nitrogen and oxygen atoms in total. The lowest BCUT2D eigenvalue weighted by Gasteiger charge is -2.26. The number of hydrogen-bond donors (Lipinski definition) is 1.